The van der Waals surface area contributed by atoms with Crippen molar-refractivity contribution in [2.24, 2.45) is 0 Å². The van der Waals surface area contributed by atoms with E-state index in [0.29, 0.717) is 17.1 Å². The number of benzene rings is 1. The molecule has 0 aliphatic carbocycles. The third-order valence-electron chi connectivity index (χ3n) is 2.30. The minimum atomic E-state index is -0.230. The Morgan fingerprint density at radius 2 is 2.06 bits per heavy atom. The number of ether oxygens (including phenoxy) is 1. The summed E-state index contributed by atoms with van der Waals surface area (Å²) >= 11 is 0. The van der Waals surface area contributed by atoms with Crippen molar-refractivity contribution in [1.29, 1.82) is 0 Å². The van der Waals surface area contributed by atoms with Gasteiger partial charge in [0.1, 0.15) is 11.4 Å². The first kappa shape index (κ1) is 11.1. The number of anilines is 2. The Kier molecular flexibility index (Phi) is 3.00. The molecule has 0 saturated carbocycles. The fraction of sp³-hybridized carbons (Fsp3) is 0.0833. The summed E-state index contributed by atoms with van der Waals surface area (Å²) in [4.78, 5) is 14.5. The summed E-state index contributed by atoms with van der Waals surface area (Å²) < 4.78 is 5.03. The average Bonchev–Trinajstić information content (AvgIpc) is 2.77. The number of methoxy groups -OCH3 is 1. The summed E-state index contributed by atoms with van der Waals surface area (Å²) in [5.74, 6) is 0.513. The van der Waals surface area contributed by atoms with Gasteiger partial charge in [-0.05, 0) is 30.3 Å². The lowest BCUT2D eigenvalue weighted by atomic mass is 10.3. The summed E-state index contributed by atoms with van der Waals surface area (Å²) in [6.45, 7) is 0. The lowest BCUT2D eigenvalue weighted by Gasteiger charge is -2.04. The number of nitrogens with one attached hydrogen (secondary N) is 2. The molecule has 1 heterocycles. The van der Waals surface area contributed by atoms with Crippen LogP contribution in [0.15, 0.2) is 36.5 Å². The molecule has 5 nitrogen and oxygen atoms in total. The van der Waals surface area contributed by atoms with E-state index in [1.54, 1.807) is 43.6 Å². The first-order valence-corrected chi connectivity index (χ1v) is 5.08. The highest BCUT2D eigenvalue weighted by Gasteiger charge is 2.07. The highest BCUT2D eigenvalue weighted by atomic mass is 16.5. The largest absolute Gasteiger partial charge is 0.497 e. The molecule has 1 aromatic heterocycles. The molecule has 0 unspecified atom stereocenters. The van der Waals surface area contributed by atoms with Crippen molar-refractivity contribution in [3.05, 3.63) is 42.2 Å². The number of carbonyl (C=O) groups is 1. The van der Waals surface area contributed by atoms with Gasteiger partial charge >= 0.3 is 0 Å². The van der Waals surface area contributed by atoms with E-state index in [4.69, 9.17) is 10.5 Å². The van der Waals surface area contributed by atoms with Crippen molar-refractivity contribution in [2.45, 2.75) is 0 Å². The summed E-state index contributed by atoms with van der Waals surface area (Å²) in [6.07, 6.45) is 1.57. The molecule has 0 aliphatic heterocycles. The molecule has 5 heteroatoms. The number of hydrogen-bond acceptors (Lipinski definition) is 3. The van der Waals surface area contributed by atoms with Gasteiger partial charge in [-0.25, -0.2) is 0 Å². The number of rotatable bonds is 3. The van der Waals surface area contributed by atoms with Crippen LogP contribution in [-0.4, -0.2) is 18.0 Å². The van der Waals surface area contributed by atoms with Crippen LogP contribution in [0, 0.1) is 0 Å². The predicted molar refractivity (Wildman–Crippen MR) is 66.2 cm³/mol. The highest BCUT2D eigenvalue weighted by Crippen LogP contribution is 2.16. The van der Waals surface area contributed by atoms with Gasteiger partial charge in [-0.2, -0.15) is 0 Å². The smallest absolute Gasteiger partial charge is 0.272 e. The van der Waals surface area contributed by atoms with Crippen LogP contribution < -0.4 is 15.8 Å². The first-order chi connectivity index (χ1) is 8.19. The summed E-state index contributed by atoms with van der Waals surface area (Å²) in [6, 6.07) is 8.67. The molecule has 88 valence electrons. The zero-order chi connectivity index (χ0) is 12.3. The van der Waals surface area contributed by atoms with Crippen LogP contribution in [0.5, 0.6) is 5.75 Å². The zero-order valence-electron chi connectivity index (χ0n) is 9.36. The fourth-order valence-corrected chi connectivity index (χ4v) is 1.41. The molecule has 2 aromatic rings. The number of hydrogen-bond donors (Lipinski definition) is 3. The maximum atomic E-state index is 11.8. The second-order valence-electron chi connectivity index (χ2n) is 3.53. The van der Waals surface area contributed by atoms with Gasteiger partial charge < -0.3 is 20.8 Å². The van der Waals surface area contributed by atoms with Gasteiger partial charge in [0.05, 0.1) is 7.11 Å². The van der Waals surface area contributed by atoms with E-state index in [1.807, 2.05) is 0 Å². The summed E-state index contributed by atoms with van der Waals surface area (Å²) in [7, 11) is 1.59. The summed E-state index contributed by atoms with van der Waals surface area (Å²) in [5.41, 5.74) is 7.18. The van der Waals surface area contributed by atoms with Crippen LogP contribution in [0.2, 0.25) is 0 Å². The van der Waals surface area contributed by atoms with E-state index in [-0.39, 0.29) is 5.91 Å². The molecule has 0 radical (unpaired) electrons. The average molecular weight is 231 g/mol. The normalized spacial score (nSPS) is 9.94. The van der Waals surface area contributed by atoms with Crippen molar-refractivity contribution >= 4 is 17.3 Å². The standard InChI is InChI=1S/C12H13N3O2/c1-17-10-4-2-9(3-5-10)15-12(16)11-6-8(13)7-14-11/h2-7,14H,13H2,1H3,(H,15,16). The Bertz CT molecular complexity index is 517. The van der Waals surface area contributed by atoms with Crippen molar-refractivity contribution in [2.75, 3.05) is 18.2 Å². The van der Waals surface area contributed by atoms with Crippen LogP contribution in [-0.2, 0) is 0 Å². The molecule has 4 N–H and O–H groups in total. The van der Waals surface area contributed by atoms with Crippen LogP contribution in [0.25, 0.3) is 0 Å². The van der Waals surface area contributed by atoms with Gasteiger partial charge in [0.25, 0.3) is 5.91 Å². The number of nitrogens with two attached hydrogens (primary N) is 1. The molecule has 0 spiro atoms. The maximum absolute atomic E-state index is 11.8. The third kappa shape index (κ3) is 2.57. The number of H-pyrrole nitrogens is 1. The molecule has 1 aromatic carbocycles. The van der Waals surface area contributed by atoms with Crippen LogP contribution in [0.3, 0.4) is 0 Å². The minimum Gasteiger partial charge on any atom is -0.497 e. The Balaban J connectivity index is 2.07. The molecule has 0 fully saturated rings. The van der Waals surface area contributed by atoms with Gasteiger partial charge in [0.15, 0.2) is 0 Å². The van der Waals surface area contributed by atoms with E-state index < -0.39 is 0 Å². The minimum absolute atomic E-state index is 0.230. The fourth-order valence-electron chi connectivity index (χ4n) is 1.41. The molecule has 0 saturated heterocycles. The monoisotopic (exact) mass is 231 g/mol. The van der Waals surface area contributed by atoms with Crippen LogP contribution in [0.1, 0.15) is 10.5 Å². The number of amides is 1. The van der Waals surface area contributed by atoms with Crippen LogP contribution in [0.4, 0.5) is 11.4 Å². The second-order valence-corrected chi connectivity index (χ2v) is 3.53. The Hall–Kier alpha value is -2.43. The number of nitrogen functional groups attached to an aromatic ring is 1. The van der Waals surface area contributed by atoms with E-state index in [9.17, 15) is 4.79 Å². The van der Waals surface area contributed by atoms with Crippen molar-refractivity contribution in [3.8, 4) is 5.75 Å². The number of carbonyl (C=O) groups excluding carboxylic acids is 1. The van der Waals surface area contributed by atoms with Gasteiger partial charge in [0.2, 0.25) is 0 Å². The van der Waals surface area contributed by atoms with E-state index in [2.05, 4.69) is 10.3 Å². The van der Waals surface area contributed by atoms with Crippen molar-refractivity contribution in [3.63, 3.8) is 0 Å². The van der Waals surface area contributed by atoms with Gasteiger partial charge in [-0.1, -0.05) is 0 Å². The lowest BCUT2D eigenvalue weighted by Crippen LogP contribution is -2.12. The van der Waals surface area contributed by atoms with E-state index >= 15 is 0 Å². The Morgan fingerprint density at radius 1 is 1.35 bits per heavy atom. The Labute approximate surface area is 98.6 Å². The molecule has 0 atom stereocenters. The predicted octanol–water partition coefficient (Wildman–Crippen LogP) is 1.86. The summed E-state index contributed by atoms with van der Waals surface area (Å²) in [5, 5.41) is 2.74. The second kappa shape index (κ2) is 4.61. The van der Waals surface area contributed by atoms with Crippen molar-refractivity contribution in [1.82, 2.24) is 4.98 Å². The SMILES string of the molecule is COc1ccc(NC(=O)c2cc(N)c[nH]2)cc1. The molecule has 0 bridgehead atoms. The maximum Gasteiger partial charge on any atom is 0.272 e. The molecular weight excluding hydrogens is 218 g/mol. The molecule has 1 amide bonds. The van der Waals surface area contributed by atoms with Crippen LogP contribution >= 0.6 is 0 Å². The third-order valence-corrected chi connectivity index (χ3v) is 2.30. The van der Waals surface area contributed by atoms with Gasteiger partial charge in [0, 0.05) is 17.6 Å². The van der Waals surface area contributed by atoms with Gasteiger partial charge in [-0.3, -0.25) is 4.79 Å². The van der Waals surface area contributed by atoms with Crippen molar-refractivity contribution < 1.29 is 9.53 Å². The topological polar surface area (TPSA) is 80.1 Å². The first-order valence-electron chi connectivity index (χ1n) is 5.08. The molecular formula is C12H13N3O2. The number of aromatic nitrogens is 1. The molecule has 0 aliphatic rings. The molecule has 17 heavy (non-hydrogen) atoms. The lowest BCUT2D eigenvalue weighted by molar-refractivity contribution is 0.102. The molecule has 2 rings (SSSR count). The van der Waals surface area contributed by atoms with E-state index in [1.165, 1.54) is 0 Å². The number of aromatic amines is 1. The highest BCUT2D eigenvalue weighted by molar-refractivity contribution is 6.03. The van der Waals surface area contributed by atoms with Gasteiger partial charge in [-0.15, -0.1) is 0 Å². The Morgan fingerprint density at radius 3 is 2.59 bits per heavy atom. The zero-order valence-corrected chi connectivity index (χ0v) is 9.36. The van der Waals surface area contributed by atoms with E-state index in [0.717, 1.165) is 5.75 Å². The quantitative estimate of drug-likeness (QED) is 0.754.